The molecule has 2 N–H and O–H groups in total. The second-order valence-electron chi connectivity index (χ2n) is 4.70. The highest BCUT2D eigenvalue weighted by Gasteiger charge is 2.30. The third kappa shape index (κ3) is 2.86. The lowest BCUT2D eigenvalue weighted by atomic mass is 10.2. The molecule has 0 bridgehead atoms. The van der Waals surface area contributed by atoms with Crippen LogP contribution < -0.4 is 10.8 Å². The standard InChI is InChI=1S/C11H21N3O2/c1-16-13-11(15)12-9-6-7-14(8-9)10-4-2-3-5-10/h9-10H,2-8H2,1H3,(H2,12,13,15)/t9-/m1/s1. The third-order valence-electron chi connectivity index (χ3n) is 3.59. The monoisotopic (exact) mass is 227 g/mol. The normalized spacial score (nSPS) is 27.2. The molecular formula is C11H21N3O2. The summed E-state index contributed by atoms with van der Waals surface area (Å²) < 4.78 is 0. The van der Waals surface area contributed by atoms with Crippen LogP contribution in [0.15, 0.2) is 0 Å². The molecule has 5 nitrogen and oxygen atoms in total. The van der Waals surface area contributed by atoms with Gasteiger partial charge in [-0.15, -0.1) is 0 Å². The first-order valence-corrected chi connectivity index (χ1v) is 6.13. The first kappa shape index (κ1) is 11.7. The first-order valence-electron chi connectivity index (χ1n) is 6.13. The van der Waals surface area contributed by atoms with Gasteiger partial charge in [-0.05, 0) is 19.3 Å². The fourth-order valence-electron chi connectivity index (χ4n) is 2.81. The number of amides is 2. The Morgan fingerprint density at radius 1 is 1.31 bits per heavy atom. The molecule has 5 heteroatoms. The van der Waals surface area contributed by atoms with E-state index in [1.165, 1.54) is 32.8 Å². The van der Waals surface area contributed by atoms with Crippen LogP contribution in [0.5, 0.6) is 0 Å². The zero-order valence-electron chi connectivity index (χ0n) is 9.87. The average molecular weight is 227 g/mol. The molecule has 0 unspecified atom stereocenters. The maximum atomic E-state index is 11.3. The Kier molecular flexibility index (Phi) is 4.01. The van der Waals surface area contributed by atoms with E-state index in [4.69, 9.17) is 0 Å². The highest BCUT2D eigenvalue weighted by molar-refractivity contribution is 5.73. The predicted molar refractivity (Wildman–Crippen MR) is 60.9 cm³/mol. The maximum absolute atomic E-state index is 11.3. The van der Waals surface area contributed by atoms with Gasteiger partial charge in [0.2, 0.25) is 0 Å². The Labute approximate surface area is 96.5 Å². The molecule has 1 saturated heterocycles. The SMILES string of the molecule is CONC(=O)N[C@@H]1CCN(C2CCCC2)C1. The smallest absolute Gasteiger partial charge is 0.332 e. The minimum atomic E-state index is -0.235. The zero-order chi connectivity index (χ0) is 11.4. The van der Waals surface area contributed by atoms with Gasteiger partial charge in [0.25, 0.3) is 0 Å². The molecule has 0 spiro atoms. The molecular weight excluding hydrogens is 206 g/mol. The number of hydrogen-bond acceptors (Lipinski definition) is 3. The van der Waals surface area contributed by atoms with E-state index in [0.717, 1.165) is 25.6 Å². The van der Waals surface area contributed by atoms with Crippen LogP contribution in [0.1, 0.15) is 32.1 Å². The highest BCUT2D eigenvalue weighted by atomic mass is 16.6. The van der Waals surface area contributed by atoms with Crippen molar-refractivity contribution in [3.63, 3.8) is 0 Å². The van der Waals surface area contributed by atoms with Crippen molar-refractivity contribution in [2.75, 3.05) is 20.2 Å². The molecule has 1 saturated carbocycles. The van der Waals surface area contributed by atoms with Gasteiger partial charge in [0.15, 0.2) is 0 Å². The zero-order valence-corrected chi connectivity index (χ0v) is 9.87. The molecule has 2 rings (SSSR count). The minimum absolute atomic E-state index is 0.235. The molecule has 1 atom stereocenters. The lowest BCUT2D eigenvalue weighted by molar-refractivity contribution is 0.106. The van der Waals surface area contributed by atoms with Crippen molar-refractivity contribution in [2.24, 2.45) is 0 Å². The number of urea groups is 1. The summed E-state index contributed by atoms with van der Waals surface area (Å²) in [6, 6.07) is 0.800. The number of hydroxylamine groups is 1. The van der Waals surface area contributed by atoms with Gasteiger partial charge in [-0.1, -0.05) is 12.8 Å². The molecule has 2 amide bonds. The number of likely N-dealkylation sites (tertiary alicyclic amines) is 1. The van der Waals surface area contributed by atoms with Gasteiger partial charge in [-0.25, -0.2) is 10.3 Å². The molecule has 0 aromatic heterocycles. The molecule has 1 aliphatic heterocycles. The number of carbonyl (C=O) groups is 1. The van der Waals surface area contributed by atoms with E-state index in [0.29, 0.717) is 0 Å². The Morgan fingerprint density at radius 2 is 2.06 bits per heavy atom. The van der Waals surface area contributed by atoms with E-state index < -0.39 is 0 Å². The van der Waals surface area contributed by atoms with Gasteiger partial charge in [0.1, 0.15) is 0 Å². The van der Waals surface area contributed by atoms with Crippen LogP contribution in [0.2, 0.25) is 0 Å². The highest BCUT2D eigenvalue weighted by Crippen LogP contribution is 2.26. The van der Waals surface area contributed by atoms with Crippen LogP contribution in [-0.2, 0) is 4.84 Å². The van der Waals surface area contributed by atoms with Crippen molar-refractivity contribution in [3.8, 4) is 0 Å². The van der Waals surface area contributed by atoms with Gasteiger partial charge in [-0.3, -0.25) is 9.74 Å². The Morgan fingerprint density at radius 3 is 2.75 bits per heavy atom. The fraction of sp³-hybridized carbons (Fsp3) is 0.909. The van der Waals surface area contributed by atoms with Crippen molar-refractivity contribution in [2.45, 2.75) is 44.2 Å². The molecule has 16 heavy (non-hydrogen) atoms. The van der Waals surface area contributed by atoms with Gasteiger partial charge in [0.05, 0.1) is 7.11 Å². The predicted octanol–water partition coefficient (Wildman–Crippen LogP) is 0.864. The summed E-state index contributed by atoms with van der Waals surface area (Å²) in [5, 5.41) is 2.92. The fourth-order valence-corrected chi connectivity index (χ4v) is 2.81. The minimum Gasteiger partial charge on any atom is -0.332 e. The molecule has 92 valence electrons. The van der Waals surface area contributed by atoms with Gasteiger partial charge < -0.3 is 5.32 Å². The van der Waals surface area contributed by atoms with E-state index >= 15 is 0 Å². The topological polar surface area (TPSA) is 53.6 Å². The Hall–Kier alpha value is -0.810. The molecule has 0 aromatic rings. The molecule has 2 aliphatic rings. The second-order valence-corrected chi connectivity index (χ2v) is 4.70. The first-order chi connectivity index (χ1) is 7.79. The third-order valence-corrected chi connectivity index (χ3v) is 3.59. The van der Waals surface area contributed by atoms with E-state index in [1.807, 2.05) is 0 Å². The van der Waals surface area contributed by atoms with Crippen LogP contribution >= 0.6 is 0 Å². The number of nitrogens with one attached hydrogen (secondary N) is 2. The van der Waals surface area contributed by atoms with Crippen molar-refractivity contribution in [1.82, 2.24) is 15.7 Å². The number of hydrogen-bond donors (Lipinski definition) is 2. The van der Waals surface area contributed by atoms with Crippen molar-refractivity contribution >= 4 is 6.03 Å². The summed E-state index contributed by atoms with van der Waals surface area (Å²) in [6.45, 7) is 2.10. The van der Waals surface area contributed by atoms with Crippen LogP contribution in [0.3, 0.4) is 0 Å². The summed E-state index contributed by atoms with van der Waals surface area (Å²) in [7, 11) is 1.44. The van der Waals surface area contributed by atoms with Crippen molar-refractivity contribution in [3.05, 3.63) is 0 Å². The lowest BCUT2D eigenvalue weighted by Gasteiger charge is -2.23. The number of carbonyl (C=O) groups excluding carboxylic acids is 1. The molecule has 0 aromatic carbocycles. The Bertz CT molecular complexity index is 241. The molecule has 0 radical (unpaired) electrons. The van der Waals surface area contributed by atoms with Crippen LogP contribution in [-0.4, -0.2) is 43.2 Å². The van der Waals surface area contributed by atoms with Gasteiger partial charge >= 0.3 is 6.03 Å². The number of nitrogens with zero attached hydrogens (tertiary/aromatic N) is 1. The average Bonchev–Trinajstić information content (AvgIpc) is 2.86. The Balaban J connectivity index is 1.72. The summed E-state index contributed by atoms with van der Waals surface area (Å²) in [6.07, 6.45) is 6.44. The number of rotatable bonds is 3. The van der Waals surface area contributed by atoms with E-state index in [1.54, 1.807) is 0 Å². The van der Waals surface area contributed by atoms with E-state index in [-0.39, 0.29) is 12.1 Å². The summed E-state index contributed by atoms with van der Waals surface area (Å²) in [5.74, 6) is 0. The van der Waals surface area contributed by atoms with Crippen molar-refractivity contribution in [1.29, 1.82) is 0 Å². The van der Waals surface area contributed by atoms with Gasteiger partial charge in [-0.2, -0.15) is 0 Å². The quantitative estimate of drug-likeness (QED) is 0.703. The van der Waals surface area contributed by atoms with E-state index in [9.17, 15) is 4.79 Å². The van der Waals surface area contributed by atoms with Gasteiger partial charge in [0, 0.05) is 25.2 Å². The van der Waals surface area contributed by atoms with Crippen molar-refractivity contribution < 1.29 is 9.63 Å². The summed E-state index contributed by atoms with van der Waals surface area (Å²) >= 11 is 0. The molecule has 1 heterocycles. The van der Waals surface area contributed by atoms with Crippen LogP contribution in [0.4, 0.5) is 4.79 Å². The second kappa shape index (κ2) is 5.50. The lowest BCUT2D eigenvalue weighted by Crippen LogP contribution is -2.43. The van der Waals surface area contributed by atoms with Crippen LogP contribution in [0.25, 0.3) is 0 Å². The molecule has 2 fully saturated rings. The van der Waals surface area contributed by atoms with E-state index in [2.05, 4.69) is 20.5 Å². The van der Waals surface area contributed by atoms with Crippen LogP contribution in [0, 0.1) is 0 Å². The largest absolute Gasteiger partial charge is 0.338 e. The maximum Gasteiger partial charge on any atom is 0.338 e. The molecule has 1 aliphatic carbocycles. The summed E-state index contributed by atoms with van der Waals surface area (Å²) in [4.78, 5) is 18.3. The summed E-state index contributed by atoms with van der Waals surface area (Å²) in [5.41, 5.74) is 2.29.